The Bertz CT molecular complexity index is 1290. The number of carbonyl (C=O) groups is 2. The average Bonchev–Trinajstić information content (AvgIpc) is 3.46. The Morgan fingerprint density at radius 3 is 2.65 bits per heavy atom. The number of rotatable bonds is 5. The highest BCUT2D eigenvalue weighted by Gasteiger charge is 2.40. The van der Waals surface area contributed by atoms with E-state index in [1.54, 1.807) is 23.3 Å². The van der Waals surface area contributed by atoms with Crippen LogP contribution in [0.1, 0.15) is 39.0 Å². The zero-order valence-electron chi connectivity index (χ0n) is 17.5. The van der Waals surface area contributed by atoms with Crippen LogP contribution in [0.4, 0.5) is 0 Å². The fraction of sp³-hybridized carbons (Fsp3) is 0.200. The number of amides is 2. The Morgan fingerprint density at radius 1 is 1.06 bits per heavy atom. The van der Waals surface area contributed by atoms with E-state index in [0.29, 0.717) is 17.9 Å². The lowest BCUT2D eigenvalue weighted by molar-refractivity contribution is -0.122. The van der Waals surface area contributed by atoms with E-state index in [-0.39, 0.29) is 24.4 Å². The lowest BCUT2D eigenvalue weighted by atomic mass is 9.95. The van der Waals surface area contributed by atoms with Crippen molar-refractivity contribution in [2.24, 2.45) is 7.05 Å². The molecule has 0 spiro atoms. The van der Waals surface area contributed by atoms with Gasteiger partial charge in [0.25, 0.3) is 5.91 Å². The van der Waals surface area contributed by atoms with Crippen LogP contribution in [-0.4, -0.2) is 27.8 Å². The van der Waals surface area contributed by atoms with Crippen LogP contribution >= 0.6 is 0 Å². The number of para-hydroxylation sites is 1. The van der Waals surface area contributed by atoms with Gasteiger partial charge in [-0.3, -0.25) is 9.59 Å². The van der Waals surface area contributed by atoms with Crippen molar-refractivity contribution in [1.82, 2.24) is 14.8 Å². The molecule has 5 rings (SSSR count). The Morgan fingerprint density at radius 2 is 1.84 bits per heavy atom. The molecule has 0 bridgehead atoms. The number of nitrogens with zero attached hydrogens (tertiary/aromatic N) is 2. The van der Waals surface area contributed by atoms with Crippen LogP contribution < -0.4 is 5.32 Å². The highest BCUT2D eigenvalue weighted by molar-refractivity contribution is 6.02. The zero-order chi connectivity index (χ0) is 21.5. The van der Waals surface area contributed by atoms with Crippen LogP contribution in [0.15, 0.2) is 71.3 Å². The second-order valence-electron chi connectivity index (χ2n) is 7.85. The zero-order valence-corrected chi connectivity index (χ0v) is 17.5. The summed E-state index contributed by atoms with van der Waals surface area (Å²) in [6.45, 7) is 2.33. The smallest absolute Gasteiger partial charge is 0.255 e. The molecule has 0 saturated heterocycles. The van der Waals surface area contributed by atoms with E-state index in [9.17, 15) is 9.59 Å². The molecule has 4 aromatic rings. The van der Waals surface area contributed by atoms with E-state index in [4.69, 9.17) is 4.42 Å². The number of hydrogen-bond donors (Lipinski definition) is 1. The fourth-order valence-corrected chi connectivity index (χ4v) is 4.55. The van der Waals surface area contributed by atoms with Gasteiger partial charge >= 0.3 is 0 Å². The van der Waals surface area contributed by atoms with Crippen LogP contribution in [0.25, 0.3) is 10.9 Å². The van der Waals surface area contributed by atoms with Crippen molar-refractivity contribution in [3.05, 3.63) is 95.1 Å². The van der Waals surface area contributed by atoms with Crippen LogP contribution in [0, 0.1) is 6.92 Å². The van der Waals surface area contributed by atoms with Gasteiger partial charge in [-0.2, -0.15) is 0 Å². The molecule has 6 nitrogen and oxygen atoms in total. The summed E-state index contributed by atoms with van der Waals surface area (Å²) in [5, 5.41) is 3.95. The van der Waals surface area contributed by atoms with Gasteiger partial charge in [0.05, 0.1) is 18.8 Å². The summed E-state index contributed by atoms with van der Waals surface area (Å²) in [5.41, 5.74) is 4.84. The molecular weight excluding hydrogens is 390 g/mol. The molecule has 3 heterocycles. The van der Waals surface area contributed by atoms with E-state index < -0.39 is 0 Å². The SMILES string of the molecule is Cc1c([C@H]2c3ccccc3C(=O)N2CC(=O)NCc2ccco2)c2ccccc2n1C. The third kappa shape index (κ3) is 3.11. The minimum absolute atomic E-state index is 0.0262. The Labute approximate surface area is 180 Å². The van der Waals surface area contributed by atoms with Gasteiger partial charge in [-0.15, -0.1) is 0 Å². The van der Waals surface area contributed by atoms with Gasteiger partial charge in [0.2, 0.25) is 5.91 Å². The van der Waals surface area contributed by atoms with Crippen molar-refractivity contribution in [2.75, 3.05) is 6.54 Å². The molecule has 0 fully saturated rings. The molecule has 1 atom stereocenters. The van der Waals surface area contributed by atoms with Crippen molar-refractivity contribution in [2.45, 2.75) is 19.5 Å². The van der Waals surface area contributed by atoms with E-state index in [1.165, 1.54) is 0 Å². The van der Waals surface area contributed by atoms with E-state index in [1.807, 2.05) is 43.4 Å². The maximum absolute atomic E-state index is 13.3. The summed E-state index contributed by atoms with van der Waals surface area (Å²) >= 11 is 0. The average molecular weight is 413 g/mol. The van der Waals surface area contributed by atoms with Crippen molar-refractivity contribution >= 4 is 22.7 Å². The first kappa shape index (κ1) is 19.2. The van der Waals surface area contributed by atoms with Crippen molar-refractivity contribution in [3.8, 4) is 0 Å². The first-order chi connectivity index (χ1) is 15.1. The molecule has 0 unspecified atom stereocenters. The summed E-state index contributed by atoms with van der Waals surface area (Å²) in [6.07, 6.45) is 1.57. The van der Waals surface area contributed by atoms with Gasteiger partial charge in [-0.05, 0) is 36.8 Å². The summed E-state index contributed by atoms with van der Waals surface area (Å²) in [7, 11) is 2.03. The van der Waals surface area contributed by atoms with Crippen molar-refractivity contribution in [3.63, 3.8) is 0 Å². The summed E-state index contributed by atoms with van der Waals surface area (Å²) < 4.78 is 7.43. The fourth-order valence-electron chi connectivity index (χ4n) is 4.55. The highest BCUT2D eigenvalue weighted by Crippen LogP contribution is 2.43. The molecule has 1 N–H and O–H groups in total. The molecule has 1 aliphatic heterocycles. The summed E-state index contributed by atoms with van der Waals surface area (Å²) in [6, 6.07) is 19.1. The molecule has 0 radical (unpaired) electrons. The Hall–Kier alpha value is -3.80. The first-order valence-electron chi connectivity index (χ1n) is 10.3. The van der Waals surface area contributed by atoms with E-state index >= 15 is 0 Å². The van der Waals surface area contributed by atoms with Gasteiger partial charge in [-0.1, -0.05) is 36.4 Å². The van der Waals surface area contributed by atoms with Crippen LogP contribution in [0.3, 0.4) is 0 Å². The lowest BCUT2D eigenvalue weighted by Crippen LogP contribution is -2.39. The molecule has 2 aromatic heterocycles. The molecule has 31 heavy (non-hydrogen) atoms. The third-order valence-corrected chi connectivity index (χ3v) is 6.13. The highest BCUT2D eigenvalue weighted by atomic mass is 16.3. The maximum Gasteiger partial charge on any atom is 0.255 e. The largest absolute Gasteiger partial charge is 0.467 e. The number of hydrogen-bond acceptors (Lipinski definition) is 3. The van der Waals surface area contributed by atoms with Crippen molar-refractivity contribution < 1.29 is 14.0 Å². The van der Waals surface area contributed by atoms with Gasteiger partial charge < -0.3 is 19.2 Å². The molecule has 156 valence electrons. The second-order valence-corrected chi connectivity index (χ2v) is 7.85. The van der Waals surface area contributed by atoms with Gasteiger partial charge in [-0.25, -0.2) is 0 Å². The van der Waals surface area contributed by atoms with Gasteiger partial charge in [0.15, 0.2) is 0 Å². The Kier molecular flexibility index (Phi) is 4.62. The van der Waals surface area contributed by atoms with Gasteiger partial charge in [0.1, 0.15) is 12.3 Å². The molecular formula is C25H23N3O3. The molecule has 0 aliphatic carbocycles. The van der Waals surface area contributed by atoms with E-state index in [2.05, 4.69) is 28.9 Å². The molecule has 2 amide bonds. The summed E-state index contributed by atoms with van der Waals surface area (Å²) in [5.74, 6) is 0.326. The van der Waals surface area contributed by atoms with Crippen LogP contribution in [0.2, 0.25) is 0 Å². The van der Waals surface area contributed by atoms with Gasteiger partial charge in [0, 0.05) is 34.8 Å². The summed E-state index contributed by atoms with van der Waals surface area (Å²) in [4.78, 5) is 27.8. The number of nitrogens with one attached hydrogen (secondary N) is 1. The lowest BCUT2D eigenvalue weighted by Gasteiger charge is -2.26. The number of aromatic nitrogens is 1. The minimum atomic E-state index is -0.316. The number of carbonyl (C=O) groups excluding carboxylic acids is 2. The van der Waals surface area contributed by atoms with E-state index in [0.717, 1.165) is 27.7 Å². The number of fused-ring (bicyclic) bond motifs is 2. The number of benzene rings is 2. The number of furan rings is 1. The minimum Gasteiger partial charge on any atom is -0.467 e. The predicted octanol–water partition coefficient (Wildman–Crippen LogP) is 3.94. The maximum atomic E-state index is 13.3. The normalized spacial score (nSPS) is 15.5. The van der Waals surface area contributed by atoms with Crippen molar-refractivity contribution in [1.29, 1.82) is 0 Å². The Balaban J connectivity index is 1.54. The standard InChI is InChI=1S/C25H23N3O3/c1-16-23(20-11-5-6-12-21(20)27(16)2)24-18-9-3-4-10-19(18)25(30)28(24)15-22(29)26-14-17-8-7-13-31-17/h3-13,24H,14-15H2,1-2H3,(H,26,29)/t24-/m1/s1. The molecule has 6 heteroatoms. The molecule has 2 aromatic carbocycles. The molecule has 1 aliphatic rings. The monoisotopic (exact) mass is 413 g/mol. The molecule has 0 saturated carbocycles. The second kappa shape index (κ2) is 7.47. The first-order valence-corrected chi connectivity index (χ1v) is 10.3. The van der Waals surface area contributed by atoms with Crippen LogP contribution in [-0.2, 0) is 18.4 Å². The number of aryl methyl sites for hydroxylation is 1. The topological polar surface area (TPSA) is 67.5 Å². The third-order valence-electron chi connectivity index (χ3n) is 6.13. The predicted molar refractivity (Wildman–Crippen MR) is 118 cm³/mol. The van der Waals surface area contributed by atoms with Crippen LogP contribution in [0.5, 0.6) is 0 Å². The quantitative estimate of drug-likeness (QED) is 0.539.